The van der Waals surface area contributed by atoms with Crippen molar-refractivity contribution in [3.8, 4) is 0 Å². The van der Waals surface area contributed by atoms with Gasteiger partial charge in [-0.3, -0.25) is 0 Å². The summed E-state index contributed by atoms with van der Waals surface area (Å²) in [6.07, 6.45) is 4.06. The Hall–Kier alpha value is -1.37. The number of hydrogen-bond acceptors (Lipinski definition) is 3. The smallest absolute Gasteiger partial charge is 0.209 e. The maximum Gasteiger partial charge on any atom is 0.209 e. The normalized spacial score (nSPS) is 19.2. The van der Waals surface area contributed by atoms with Gasteiger partial charge < -0.3 is 10.7 Å². The summed E-state index contributed by atoms with van der Waals surface area (Å²) in [5.74, 6) is 0. The zero-order valence-electron chi connectivity index (χ0n) is 11.4. The molecule has 1 atom stereocenters. The van der Waals surface area contributed by atoms with E-state index in [1.807, 2.05) is 12.1 Å². The minimum absolute atomic E-state index is 0.222. The standard InChI is InChI=1S/C14H19N3O2S/c1-20(18,19)16-8-9-2-4-13-11(6-9)12-7-10(15)3-5-14(12)17-13/h2,4,6,10,16-17H,3,5,7-8,15H2,1H3. The van der Waals surface area contributed by atoms with Crippen molar-refractivity contribution in [2.75, 3.05) is 6.26 Å². The first kappa shape index (κ1) is 13.6. The summed E-state index contributed by atoms with van der Waals surface area (Å²) in [4.78, 5) is 3.44. The van der Waals surface area contributed by atoms with Gasteiger partial charge in [-0.1, -0.05) is 6.07 Å². The SMILES string of the molecule is CS(=O)(=O)NCc1ccc2[nH]c3c(c2c1)CC(N)CC3. The molecule has 20 heavy (non-hydrogen) atoms. The maximum atomic E-state index is 11.2. The molecular weight excluding hydrogens is 274 g/mol. The predicted molar refractivity (Wildman–Crippen MR) is 80.0 cm³/mol. The highest BCUT2D eigenvalue weighted by atomic mass is 32.2. The average Bonchev–Trinajstić information content (AvgIpc) is 2.73. The van der Waals surface area contributed by atoms with Crippen LogP contribution in [-0.2, 0) is 29.4 Å². The van der Waals surface area contributed by atoms with Crippen molar-refractivity contribution in [3.05, 3.63) is 35.0 Å². The molecule has 5 nitrogen and oxygen atoms in total. The highest BCUT2D eigenvalue weighted by Gasteiger charge is 2.20. The summed E-state index contributed by atoms with van der Waals surface area (Å²) in [5, 5.41) is 1.17. The lowest BCUT2D eigenvalue weighted by Gasteiger charge is -2.18. The van der Waals surface area contributed by atoms with Crippen LogP contribution >= 0.6 is 0 Å². The van der Waals surface area contributed by atoms with Crippen molar-refractivity contribution in [3.63, 3.8) is 0 Å². The molecule has 3 rings (SSSR count). The van der Waals surface area contributed by atoms with E-state index >= 15 is 0 Å². The number of rotatable bonds is 3. The molecule has 0 saturated carbocycles. The molecular formula is C14H19N3O2S. The Morgan fingerprint density at radius 1 is 1.45 bits per heavy atom. The number of aromatic amines is 1. The lowest BCUT2D eigenvalue weighted by molar-refractivity contribution is 0.574. The Morgan fingerprint density at radius 3 is 3.00 bits per heavy atom. The van der Waals surface area contributed by atoms with Gasteiger partial charge in [0.15, 0.2) is 0 Å². The van der Waals surface area contributed by atoms with Crippen LogP contribution < -0.4 is 10.5 Å². The lowest BCUT2D eigenvalue weighted by atomic mass is 9.92. The molecule has 0 fully saturated rings. The number of nitrogens with two attached hydrogens (primary N) is 1. The van der Waals surface area contributed by atoms with E-state index in [9.17, 15) is 8.42 Å². The largest absolute Gasteiger partial charge is 0.358 e. The summed E-state index contributed by atoms with van der Waals surface area (Å²) in [7, 11) is -3.17. The third-order valence-corrected chi connectivity index (χ3v) is 4.50. The Bertz CT molecular complexity index is 749. The maximum absolute atomic E-state index is 11.2. The van der Waals surface area contributed by atoms with Crippen LogP contribution in [0.1, 0.15) is 23.2 Å². The lowest BCUT2D eigenvalue weighted by Crippen LogP contribution is -2.27. The first-order valence-electron chi connectivity index (χ1n) is 6.75. The molecule has 1 aromatic carbocycles. The highest BCUT2D eigenvalue weighted by molar-refractivity contribution is 7.88. The van der Waals surface area contributed by atoms with Crippen molar-refractivity contribution in [2.24, 2.45) is 5.73 Å². The molecule has 0 amide bonds. The van der Waals surface area contributed by atoms with E-state index in [1.165, 1.54) is 22.9 Å². The first-order valence-corrected chi connectivity index (χ1v) is 8.64. The minimum Gasteiger partial charge on any atom is -0.358 e. The van der Waals surface area contributed by atoms with E-state index in [0.717, 1.165) is 30.3 Å². The molecule has 0 spiro atoms. The van der Waals surface area contributed by atoms with Crippen molar-refractivity contribution < 1.29 is 8.42 Å². The van der Waals surface area contributed by atoms with Crippen LogP contribution in [0.25, 0.3) is 10.9 Å². The van der Waals surface area contributed by atoms with Crippen LogP contribution in [-0.4, -0.2) is 25.7 Å². The van der Waals surface area contributed by atoms with Crippen molar-refractivity contribution >= 4 is 20.9 Å². The van der Waals surface area contributed by atoms with E-state index in [2.05, 4.69) is 15.8 Å². The molecule has 1 unspecified atom stereocenters. The molecule has 1 aliphatic carbocycles. The number of aromatic nitrogens is 1. The fourth-order valence-corrected chi connectivity index (χ4v) is 3.24. The topological polar surface area (TPSA) is 88.0 Å². The molecule has 0 radical (unpaired) electrons. The molecule has 0 saturated heterocycles. The highest BCUT2D eigenvalue weighted by Crippen LogP contribution is 2.29. The molecule has 2 aromatic rings. The van der Waals surface area contributed by atoms with Gasteiger partial charge in [-0.2, -0.15) is 0 Å². The number of sulfonamides is 1. The summed E-state index contributed by atoms with van der Waals surface area (Å²) in [6.45, 7) is 0.320. The summed E-state index contributed by atoms with van der Waals surface area (Å²) < 4.78 is 24.8. The van der Waals surface area contributed by atoms with Gasteiger partial charge in [-0.05, 0) is 42.5 Å². The van der Waals surface area contributed by atoms with E-state index < -0.39 is 10.0 Å². The molecule has 6 heteroatoms. The van der Waals surface area contributed by atoms with Gasteiger partial charge in [-0.15, -0.1) is 0 Å². The molecule has 0 bridgehead atoms. The first-order chi connectivity index (χ1) is 9.42. The fraction of sp³-hybridized carbons (Fsp3) is 0.429. The van der Waals surface area contributed by atoms with Crippen LogP contribution in [0.5, 0.6) is 0 Å². The predicted octanol–water partition coefficient (Wildman–Crippen LogP) is 1.03. The van der Waals surface area contributed by atoms with Crippen LogP contribution in [0.15, 0.2) is 18.2 Å². The fourth-order valence-electron chi connectivity index (χ4n) is 2.82. The van der Waals surface area contributed by atoms with Gasteiger partial charge in [0.25, 0.3) is 0 Å². The summed E-state index contributed by atoms with van der Waals surface area (Å²) in [6, 6.07) is 6.24. The Morgan fingerprint density at radius 2 is 2.25 bits per heavy atom. The summed E-state index contributed by atoms with van der Waals surface area (Å²) in [5.41, 5.74) is 10.7. The number of benzene rings is 1. The van der Waals surface area contributed by atoms with E-state index in [0.29, 0.717) is 6.54 Å². The molecule has 1 heterocycles. The third-order valence-electron chi connectivity index (χ3n) is 3.83. The van der Waals surface area contributed by atoms with Gasteiger partial charge in [0.2, 0.25) is 10.0 Å². The van der Waals surface area contributed by atoms with Crippen LogP contribution in [0.3, 0.4) is 0 Å². The second-order valence-corrected chi connectivity index (χ2v) is 7.39. The minimum atomic E-state index is -3.17. The number of fused-ring (bicyclic) bond motifs is 3. The average molecular weight is 293 g/mol. The second kappa shape index (κ2) is 4.87. The molecule has 1 aromatic heterocycles. The number of hydrogen-bond donors (Lipinski definition) is 3. The monoisotopic (exact) mass is 293 g/mol. The van der Waals surface area contributed by atoms with Gasteiger partial charge >= 0.3 is 0 Å². The number of aryl methyl sites for hydroxylation is 1. The zero-order valence-corrected chi connectivity index (χ0v) is 12.3. The van der Waals surface area contributed by atoms with Crippen LogP contribution in [0.2, 0.25) is 0 Å². The molecule has 108 valence electrons. The summed E-state index contributed by atoms with van der Waals surface area (Å²) >= 11 is 0. The van der Waals surface area contributed by atoms with E-state index in [1.54, 1.807) is 0 Å². The van der Waals surface area contributed by atoms with Crippen molar-refractivity contribution in [2.45, 2.75) is 31.8 Å². The number of H-pyrrole nitrogens is 1. The second-order valence-electron chi connectivity index (χ2n) is 5.56. The Balaban J connectivity index is 1.96. The molecule has 4 N–H and O–H groups in total. The van der Waals surface area contributed by atoms with Crippen LogP contribution in [0.4, 0.5) is 0 Å². The molecule has 0 aliphatic heterocycles. The van der Waals surface area contributed by atoms with Gasteiger partial charge in [0.1, 0.15) is 0 Å². The molecule has 1 aliphatic rings. The Kier molecular flexibility index (Phi) is 3.32. The van der Waals surface area contributed by atoms with Crippen LogP contribution in [0, 0.1) is 0 Å². The zero-order chi connectivity index (χ0) is 14.3. The van der Waals surface area contributed by atoms with Gasteiger partial charge in [-0.25, -0.2) is 13.1 Å². The van der Waals surface area contributed by atoms with E-state index in [-0.39, 0.29) is 6.04 Å². The Labute approximate surface area is 118 Å². The number of nitrogens with one attached hydrogen (secondary N) is 2. The van der Waals surface area contributed by atoms with Gasteiger partial charge in [0, 0.05) is 29.2 Å². The van der Waals surface area contributed by atoms with Gasteiger partial charge in [0.05, 0.1) is 6.26 Å². The van der Waals surface area contributed by atoms with Crippen molar-refractivity contribution in [1.82, 2.24) is 9.71 Å². The third kappa shape index (κ3) is 2.72. The quantitative estimate of drug-likeness (QED) is 0.790. The van der Waals surface area contributed by atoms with Crippen molar-refractivity contribution in [1.29, 1.82) is 0 Å². The van der Waals surface area contributed by atoms with E-state index in [4.69, 9.17) is 5.73 Å².